The lowest BCUT2D eigenvalue weighted by molar-refractivity contribution is 0.136. The minimum atomic E-state index is -1.08. The largest absolute Gasteiger partial charge is 0.465 e. The van der Waals surface area contributed by atoms with Crippen LogP contribution in [0.15, 0.2) is 42.6 Å². The number of hydrogen-bond donors (Lipinski definition) is 1. The molecule has 1 saturated carbocycles. The lowest BCUT2D eigenvalue weighted by Gasteiger charge is -2.28. The summed E-state index contributed by atoms with van der Waals surface area (Å²) in [6, 6.07) is 11.6. The van der Waals surface area contributed by atoms with Crippen molar-refractivity contribution < 1.29 is 9.90 Å². The maximum absolute atomic E-state index is 11.8. The van der Waals surface area contributed by atoms with Crippen molar-refractivity contribution in [2.45, 2.75) is 49.6 Å². The van der Waals surface area contributed by atoms with Crippen molar-refractivity contribution in [3.05, 3.63) is 65.5 Å². The number of halogens is 1. The van der Waals surface area contributed by atoms with Crippen LogP contribution in [0.3, 0.4) is 0 Å². The molecule has 1 aliphatic carbocycles. The fourth-order valence-electron chi connectivity index (χ4n) is 4.60. The SMILES string of the molecule is O=C(O)N1Cc2nnc(C3CCC(c4cccnn4)CC3)n2-c2ccccc2C1Cl. The van der Waals surface area contributed by atoms with Crippen LogP contribution in [0.5, 0.6) is 0 Å². The molecule has 1 aliphatic heterocycles. The summed E-state index contributed by atoms with van der Waals surface area (Å²) >= 11 is 6.56. The monoisotopic (exact) mass is 424 g/mol. The van der Waals surface area contributed by atoms with Gasteiger partial charge < -0.3 is 5.11 Å². The van der Waals surface area contributed by atoms with Crippen LogP contribution in [0, 0.1) is 0 Å². The number of carbonyl (C=O) groups is 1. The average Bonchev–Trinajstić information content (AvgIpc) is 3.16. The quantitative estimate of drug-likeness (QED) is 0.488. The summed E-state index contributed by atoms with van der Waals surface area (Å²) in [5.41, 5.74) is 1.87. The molecule has 0 radical (unpaired) electrons. The van der Waals surface area contributed by atoms with E-state index >= 15 is 0 Å². The maximum atomic E-state index is 11.8. The third kappa shape index (κ3) is 3.21. The number of carboxylic acid groups (broad SMARTS) is 1. The van der Waals surface area contributed by atoms with Gasteiger partial charge in [0.15, 0.2) is 5.82 Å². The predicted octanol–water partition coefficient (Wildman–Crippen LogP) is 4.23. The van der Waals surface area contributed by atoms with E-state index in [4.69, 9.17) is 11.6 Å². The summed E-state index contributed by atoms with van der Waals surface area (Å²) < 4.78 is 2.01. The van der Waals surface area contributed by atoms with E-state index in [1.165, 1.54) is 4.90 Å². The minimum absolute atomic E-state index is 0.0974. The Morgan fingerprint density at radius 1 is 1.00 bits per heavy atom. The highest BCUT2D eigenvalue weighted by molar-refractivity contribution is 6.21. The number of fused-ring (bicyclic) bond motifs is 3. The Balaban J connectivity index is 1.48. The van der Waals surface area contributed by atoms with Crippen LogP contribution in [0.1, 0.15) is 65.9 Å². The molecule has 8 nitrogen and oxygen atoms in total. The first-order chi connectivity index (χ1) is 14.6. The summed E-state index contributed by atoms with van der Waals surface area (Å²) in [6.07, 6.45) is 4.57. The molecule has 154 valence electrons. The molecule has 0 spiro atoms. The predicted molar refractivity (Wildman–Crippen MR) is 110 cm³/mol. The number of alkyl halides is 1. The normalized spacial score (nSPS) is 23.4. The molecular formula is C21H21ClN6O2. The fraction of sp³-hybridized carbons (Fsp3) is 0.381. The van der Waals surface area contributed by atoms with Crippen molar-refractivity contribution in [3.8, 4) is 5.69 Å². The number of benzene rings is 1. The second-order valence-corrected chi connectivity index (χ2v) is 8.23. The lowest BCUT2D eigenvalue weighted by Crippen LogP contribution is -2.30. The van der Waals surface area contributed by atoms with Gasteiger partial charge in [0.25, 0.3) is 0 Å². The van der Waals surface area contributed by atoms with E-state index in [9.17, 15) is 9.90 Å². The highest BCUT2D eigenvalue weighted by Gasteiger charge is 2.35. The molecule has 3 aromatic rings. The summed E-state index contributed by atoms with van der Waals surface area (Å²) in [5, 5.41) is 26.8. The smallest absolute Gasteiger partial charge is 0.409 e. The molecule has 2 aliphatic rings. The molecule has 1 aromatic carbocycles. The number of nitrogens with zero attached hydrogens (tertiary/aromatic N) is 6. The van der Waals surface area contributed by atoms with Gasteiger partial charge in [0.05, 0.1) is 17.9 Å². The zero-order valence-electron chi connectivity index (χ0n) is 16.2. The van der Waals surface area contributed by atoms with Gasteiger partial charge in [-0.05, 0) is 43.9 Å². The zero-order chi connectivity index (χ0) is 20.7. The van der Waals surface area contributed by atoms with Crippen molar-refractivity contribution in [3.63, 3.8) is 0 Å². The molecular weight excluding hydrogens is 404 g/mol. The Bertz CT molecular complexity index is 1060. The Morgan fingerprint density at radius 3 is 2.50 bits per heavy atom. The highest BCUT2D eigenvalue weighted by atomic mass is 35.5. The van der Waals surface area contributed by atoms with Gasteiger partial charge in [0.2, 0.25) is 0 Å². The Kier molecular flexibility index (Phi) is 4.86. The average molecular weight is 425 g/mol. The Morgan fingerprint density at radius 2 is 1.77 bits per heavy atom. The van der Waals surface area contributed by atoms with E-state index in [-0.39, 0.29) is 12.5 Å². The molecule has 1 atom stereocenters. The first kappa shape index (κ1) is 19.0. The first-order valence-electron chi connectivity index (χ1n) is 10.1. The standard InChI is InChI=1S/C21H21ClN6O2/c22-19-15-4-1-2-6-17(15)28-18(12-27(19)21(29)30)25-26-20(28)14-9-7-13(8-10-14)16-5-3-11-23-24-16/h1-6,11,13-14,19H,7-10,12H2,(H,29,30). The van der Waals surface area contributed by atoms with Crippen LogP contribution in [0.4, 0.5) is 4.79 Å². The van der Waals surface area contributed by atoms with Crippen molar-refractivity contribution in [2.24, 2.45) is 0 Å². The molecule has 30 heavy (non-hydrogen) atoms. The number of aromatic nitrogens is 5. The molecule has 1 fully saturated rings. The van der Waals surface area contributed by atoms with Gasteiger partial charge in [-0.1, -0.05) is 29.8 Å². The van der Waals surface area contributed by atoms with Crippen LogP contribution in [-0.4, -0.2) is 41.1 Å². The molecule has 3 heterocycles. The molecule has 2 aromatic heterocycles. The van der Waals surface area contributed by atoms with Crippen LogP contribution < -0.4 is 0 Å². The highest BCUT2D eigenvalue weighted by Crippen LogP contribution is 2.42. The number of rotatable bonds is 2. The van der Waals surface area contributed by atoms with Crippen LogP contribution in [-0.2, 0) is 6.54 Å². The topological polar surface area (TPSA) is 97.0 Å². The number of amides is 1. The number of hydrogen-bond acceptors (Lipinski definition) is 5. The van der Waals surface area contributed by atoms with Gasteiger partial charge in [-0.25, -0.2) is 4.79 Å². The van der Waals surface area contributed by atoms with E-state index in [0.717, 1.165) is 48.5 Å². The van der Waals surface area contributed by atoms with E-state index in [0.29, 0.717) is 11.7 Å². The summed E-state index contributed by atoms with van der Waals surface area (Å²) in [4.78, 5) is 13.0. The van der Waals surface area contributed by atoms with E-state index in [1.807, 2.05) is 41.0 Å². The molecule has 0 bridgehead atoms. The molecule has 1 unspecified atom stereocenters. The Hall–Kier alpha value is -3.00. The molecule has 1 N–H and O–H groups in total. The van der Waals surface area contributed by atoms with Gasteiger partial charge in [-0.3, -0.25) is 9.47 Å². The van der Waals surface area contributed by atoms with E-state index in [1.54, 1.807) is 6.20 Å². The summed E-state index contributed by atoms with van der Waals surface area (Å²) in [7, 11) is 0. The fourth-order valence-corrected chi connectivity index (χ4v) is 4.93. The van der Waals surface area contributed by atoms with Gasteiger partial charge >= 0.3 is 6.09 Å². The molecule has 1 amide bonds. The van der Waals surface area contributed by atoms with Crippen molar-refractivity contribution in [2.75, 3.05) is 0 Å². The number of para-hydroxylation sites is 1. The van der Waals surface area contributed by atoms with Crippen LogP contribution >= 0.6 is 11.6 Å². The van der Waals surface area contributed by atoms with Gasteiger partial charge in [-0.15, -0.1) is 10.2 Å². The zero-order valence-corrected chi connectivity index (χ0v) is 17.0. The van der Waals surface area contributed by atoms with Crippen LogP contribution in [0.2, 0.25) is 0 Å². The van der Waals surface area contributed by atoms with E-state index < -0.39 is 11.6 Å². The second kappa shape index (κ2) is 7.68. The molecule has 0 saturated heterocycles. The molecule has 5 rings (SSSR count). The van der Waals surface area contributed by atoms with Crippen LogP contribution in [0.25, 0.3) is 5.69 Å². The summed E-state index contributed by atoms with van der Waals surface area (Å²) in [5.74, 6) is 2.13. The minimum Gasteiger partial charge on any atom is -0.465 e. The second-order valence-electron chi connectivity index (χ2n) is 7.81. The van der Waals surface area contributed by atoms with Gasteiger partial charge in [-0.2, -0.15) is 10.2 Å². The molecule has 9 heteroatoms. The van der Waals surface area contributed by atoms with Gasteiger partial charge in [0, 0.05) is 23.6 Å². The lowest BCUT2D eigenvalue weighted by atomic mass is 9.80. The summed E-state index contributed by atoms with van der Waals surface area (Å²) in [6.45, 7) is 0.0974. The Labute approximate surface area is 178 Å². The third-order valence-corrected chi connectivity index (χ3v) is 6.59. The maximum Gasteiger partial charge on any atom is 0.409 e. The third-order valence-electron chi connectivity index (χ3n) is 6.12. The van der Waals surface area contributed by atoms with Crippen molar-refractivity contribution >= 4 is 17.7 Å². The van der Waals surface area contributed by atoms with Crippen molar-refractivity contribution in [1.29, 1.82) is 0 Å². The van der Waals surface area contributed by atoms with E-state index in [2.05, 4.69) is 20.4 Å². The van der Waals surface area contributed by atoms with Crippen molar-refractivity contribution in [1.82, 2.24) is 29.9 Å². The first-order valence-corrected chi connectivity index (χ1v) is 10.5. The van der Waals surface area contributed by atoms with Gasteiger partial charge in [0.1, 0.15) is 11.3 Å².